The molecule has 2 unspecified atom stereocenters. The number of nitrogens with one attached hydrogen (secondary N) is 1. The van der Waals surface area contributed by atoms with Crippen molar-refractivity contribution in [2.75, 3.05) is 7.11 Å². The van der Waals surface area contributed by atoms with Gasteiger partial charge in [-0.2, -0.15) is 0 Å². The average Bonchev–Trinajstić information content (AvgIpc) is 3.23. The number of thiophene rings is 1. The fourth-order valence-corrected chi connectivity index (χ4v) is 3.33. The van der Waals surface area contributed by atoms with E-state index in [1.165, 1.54) is 18.4 Å². The van der Waals surface area contributed by atoms with E-state index in [-0.39, 0.29) is 18.3 Å². The molecule has 1 N–H and O–H groups in total. The van der Waals surface area contributed by atoms with Gasteiger partial charge in [-0.15, -0.1) is 11.3 Å². The third-order valence-electron chi connectivity index (χ3n) is 3.74. The number of hydrogen-bond donors (Lipinski definition) is 1. The van der Waals surface area contributed by atoms with Crippen LogP contribution in [0.3, 0.4) is 0 Å². The zero-order chi connectivity index (χ0) is 16.2. The van der Waals surface area contributed by atoms with Gasteiger partial charge < -0.3 is 14.8 Å². The third kappa shape index (κ3) is 3.53. The molecular weight excluding hydrogens is 314 g/mol. The number of rotatable bonds is 5. The highest BCUT2D eigenvalue weighted by molar-refractivity contribution is 7.10. The van der Waals surface area contributed by atoms with Gasteiger partial charge in [-0.25, -0.2) is 0 Å². The summed E-state index contributed by atoms with van der Waals surface area (Å²) in [5.41, 5.74) is 1.02. The number of amides is 1. The van der Waals surface area contributed by atoms with Crippen molar-refractivity contribution < 1.29 is 19.1 Å². The van der Waals surface area contributed by atoms with Gasteiger partial charge in [-0.1, -0.05) is 24.3 Å². The number of methoxy groups -OCH3 is 1. The molecule has 1 aromatic heterocycles. The maximum Gasteiger partial charge on any atom is 0.307 e. The normalized spacial score (nSPS) is 17.0. The first-order valence-corrected chi connectivity index (χ1v) is 8.20. The lowest BCUT2D eigenvalue weighted by atomic mass is 10.1. The molecule has 2 atom stereocenters. The van der Waals surface area contributed by atoms with Crippen LogP contribution in [0.4, 0.5) is 0 Å². The number of para-hydroxylation sites is 1. The van der Waals surface area contributed by atoms with E-state index in [1.54, 1.807) is 0 Å². The second-order valence-electron chi connectivity index (χ2n) is 5.28. The van der Waals surface area contributed by atoms with Gasteiger partial charge in [0.2, 0.25) is 0 Å². The Morgan fingerprint density at radius 3 is 2.87 bits per heavy atom. The van der Waals surface area contributed by atoms with E-state index in [4.69, 9.17) is 9.47 Å². The van der Waals surface area contributed by atoms with Crippen LogP contribution in [0.15, 0.2) is 41.8 Å². The predicted molar refractivity (Wildman–Crippen MR) is 86.4 cm³/mol. The molecule has 0 fully saturated rings. The van der Waals surface area contributed by atoms with Crippen molar-refractivity contribution in [2.24, 2.45) is 0 Å². The smallest absolute Gasteiger partial charge is 0.307 e. The molecule has 0 bridgehead atoms. The minimum Gasteiger partial charge on any atom is -0.480 e. The summed E-state index contributed by atoms with van der Waals surface area (Å²) in [5.74, 6) is 0.163. The molecule has 6 heteroatoms. The van der Waals surface area contributed by atoms with Gasteiger partial charge in [0.1, 0.15) is 5.75 Å². The van der Waals surface area contributed by atoms with E-state index < -0.39 is 12.1 Å². The summed E-state index contributed by atoms with van der Waals surface area (Å²) >= 11 is 1.49. The Bertz CT molecular complexity index is 673. The molecule has 120 valence electrons. The van der Waals surface area contributed by atoms with Crippen LogP contribution in [0.2, 0.25) is 0 Å². The molecule has 0 spiro atoms. The molecule has 0 radical (unpaired) electrons. The van der Waals surface area contributed by atoms with Gasteiger partial charge in [0.05, 0.1) is 19.6 Å². The quantitative estimate of drug-likeness (QED) is 0.855. The Hall–Kier alpha value is -2.34. The minimum atomic E-state index is -0.562. The number of hydrogen-bond acceptors (Lipinski definition) is 5. The van der Waals surface area contributed by atoms with E-state index in [0.29, 0.717) is 6.42 Å². The Kier molecular flexibility index (Phi) is 4.62. The number of fused-ring (bicyclic) bond motifs is 1. The standard InChI is InChI=1S/C17H17NO4S/c1-21-16(19)10-12(15-7-4-8-23-15)18-17(20)14-9-11-5-2-3-6-13(11)22-14/h2-8,12,14H,9-10H2,1H3,(H,18,20). The lowest BCUT2D eigenvalue weighted by molar-refractivity contribution is -0.141. The SMILES string of the molecule is COC(=O)CC(NC(=O)C1Cc2ccccc2O1)c1cccs1. The molecule has 2 aromatic rings. The largest absolute Gasteiger partial charge is 0.480 e. The second-order valence-corrected chi connectivity index (χ2v) is 6.25. The summed E-state index contributed by atoms with van der Waals surface area (Å²) in [6.45, 7) is 0. The van der Waals surface area contributed by atoms with E-state index in [1.807, 2.05) is 41.8 Å². The highest BCUT2D eigenvalue weighted by Crippen LogP contribution is 2.29. The van der Waals surface area contributed by atoms with E-state index in [2.05, 4.69) is 5.32 Å². The van der Waals surface area contributed by atoms with Crippen LogP contribution in [0.5, 0.6) is 5.75 Å². The van der Waals surface area contributed by atoms with Crippen LogP contribution < -0.4 is 10.1 Å². The van der Waals surface area contributed by atoms with Crippen LogP contribution in [0.1, 0.15) is 22.9 Å². The Morgan fingerprint density at radius 2 is 2.17 bits per heavy atom. The fourth-order valence-electron chi connectivity index (χ4n) is 2.56. The van der Waals surface area contributed by atoms with Crippen LogP contribution >= 0.6 is 11.3 Å². The minimum absolute atomic E-state index is 0.0996. The topological polar surface area (TPSA) is 64.6 Å². The summed E-state index contributed by atoms with van der Waals surface area (Å²) < 4.78 is 10.4. The molecule has 1 amide bonds. The number of carbonyl (C=O) groups excluding carboxylic acids is 2. The summed E-state index contributed by atoms with van der Waals surface area (Å²) in [6, 6.07) is 11.0. The van der Waals surface area contributed by atoms with Crippen LogP contribution in [-0.4, -0.2) is 25.1 Å². The molecule has 0 saturated carbocycles. The molecule has 0 saturated heterocycles. The predicted octanol–water partition coefficient (Wildman–Crippen LogP) is 2.47. The fraction of sp³-hybridized carbons (Fsp3) is 0.294. The summed E-state index contributed by atoms with van der Waals surface area (Å²) in [7, 11) is 1.34. The van der Waals surface area contributed by atoms with Crippen molar-refractivity contribution in [1.82, 2.24) is 5.32 Å². The monoisotopic (exact) mass is 331 g/mol. The summed E-state index contributed by atoms with van der Waals surface area (Å²) in [4.78, 5) is 25.0. The molecule has 1 aliphatic heterocycles. The van der Waals surface area contributed by atoms with Crippen molar-refractivity contribution >= 4 is 23.2 Å². The van der Waals surface area contributed by atoms with Crippen LogP contribution in [0.25, 0.3) is 0 Å². The molecule has 1 aromatic carbocycles. The van der Waals surface area contributed by atoms with Gasteiger partial charge in [-0.05, 0) is 23.1 Å². The molecular formula is C17H17NO4S. The zero-order valence-electron chi connectivity index (χ0n) is 12.7. The van der Waals surface area contributed by atoms with Crippen molar-refractivity contribution in [2.45, 2.75) is 25.0 Å². The van der Waals surface area contributed by atoms with Crippen molar-refractivity contribution in [3.63, 3.8) is 0 Å². The maximum absolute atomic E-state index is 12.5. The summed E-state index contributed by atoms with van der Waals surface area (Å²) in [5, 5.41) is 4.82. The van der Waals surface area contributed by atoms with E-state index in [0.717, 1.165) is 16.2 Å². The number of benzene rings is 1. The first-order chi connectivity index (χ1) is 11.2. The average molecular weight is 331 g/mol. The number of esters is 1. The second kappa shape index (κ2) is 6.83. The lowest BCUT2D eigenvalue weighted by Gasteiger charge is -2.19. The van der Waals surface area contributed by atoms with Crippen molar-refractivity contribution in [3.8, 4) is 5.75 Å². The molecule has 23 heavy (non-hydrogen) atoms. The van der Waals surface area contributed by atoms with Gasteiger partial charge in [0.25, 0.3) is 5.91 Å². The number of ether oxygens (including phenoxy) is 2. The van der Waals surface area contributed by atoms with E-state index in [9.17, 15) is 9.59 Å². The summed E-state index contributed by atoms with van der Waals surface area (Å²) in [6.07, 6.45) is 0.0762. The van der Waals surface area contributed by atoms with Crippen LogP contribution in [-0.2, 0) is 20.7 Å². The highest BCUT2D eigenvalue weighted by atomic mass is 32.1. The zero-order valence-corrected chi connectivity index (χ0v) is 13.5. The Balaban J connectivity index is 1.68. The van der Waals surface area contributed by atoms with E-state index >= 15 is 0 Å². The molecule has 3 rings (SSSR count). The van der Waals surface area contributed by atoms with Crippen LogP contribution in [0, 0.1) is 0 Å². The van der Waals surface area contributed by atoms with Gasteiger partial charge in [-0.3, -0.25) is 9.59 Å². The molecule has 0 aliphatic carbocycles. The third-order valence-corrected chi connectivity index (χ3v) is 4.73. The first kappa shape index (κ1) is 15.6. The molecule has 1 aliphatic rings. The maximum atomic E-state index is 12.5. The molecule has 5 nitrogen and oxygen atoms in total. The van der Waals surface area contributed by atoms with Crippen molar-refractivity contribution in [1.29, 1.82) is 0 Å². The van der Waals surface area contributed by atoms with Crippen molar-refractivity contribution in [3.05, 3.63) is 52.2 Å². The number of carbonyl (C=O) groups is 2. The first-order valence-electron chi connectivity index (χ1n) is 7.32. The highest BCUT2D eigenvalue weighted by Gasteiger charge is 2.31. The van der Waals surface area contributed by atoms with Gasteiger partial charge in [0.15, 0.2) is 6.10 Å². The van der Waals surface area contributed by atoms with Gasteiger partial charge >= 0.3 is 5.97 Å². The molecule has 2 heterocycles. The van der Waals surface area contributed by atoms with Gasteiger partial charge in [0, 0.05) is 11.3 Å². The lowest BCUT2D eigenvalue weighted by Crippen LogP contribution is -2.40. The Morgan fingerprint density at radius 1 is 1.35 bits per heavy atom. The Labute approximate surface area is 138 Å².